The van der Waals surface area contributed by atoms with Crippen molar-refractivity contribution in [2.75, 3.05) is 26.2 Å². The first-order valence-electron chi connectivity index (χ1n) is 10.4. The Morgan fingerprint density at radius 3 is 2.59 bits per heavy atom. The molecular weight excluding hydrogens is 368 g/mol. The van der Waals surface area contributed by atoms with Gasteiger partial charge in [0.25, 0.3) is 0 Å². The molecule has 2 atom stereocenters. The van der Waals surface area contributed by atoms with Crippen molar-refractivity contribution >= 4 is 18.2 Å². The van der Waals surface area contributed by atoms with E-state index < -0.39 is 11.6 Å². The van der Waals surface area contributed by atoms with Crippen LogP contribution in [0.15, 0.2) is 35.3 Å². The second kappa shape index (κ2) is 9.84. The van der Waals surface area contributed by atoms with Crippen LogP contribution in [0, 0.1) is 0 Å². The van der Waals surface area contributed by atoms with Crippen LogP contribution in [0.25, 0.3) is 0 Å². The van der Waals surface area contributed by atoms with E-state index in [1.54, 1.807) is 0 Å². The second-order valence-corrected chi connectivity index (χ2v) is 7.89. The number of benzene rings is 1. The van der Waals surface area contributed by atoms with Crippen LogP contribution in [0.4, 0.5) is 0 Å². The Kier molecular flexibility index (Phi) is 7.22. The van der Waals surface area contributed by atoms with Gasteiger partial charge < -0.3 is 21.6 Å². The van der Waals surface area contributed by atoms with Gasteiger partial charge in [-0.3, -0.25) is 9.79 Å². The number of nitrogens with zero attached hydrogens (tertiary/aromatic N) is 3. The molecule has 1 aromatic rings. The van der Waals surface area contributed by atoms with Gasteiger partial charge in [0.05, 0.1) is 6.04 Å². The van der Waals surface area contributed by atoms with E-state index in [0.717, 1.165) is 50.7 Å². The van der Waals surface area contributed by atoms with Gasteiger partial charge in [-0.25, -0.2) is 10.0 Å². The molecule has 8 heteroatoms. The summed E-state index contributed by atoms with van der Waals surface area (Å²) < 4.78 is 0. The van der Waals surface area contributed by atoms with Gasteiger partial charge in [-0.2, -0.15) is 0 Å². The van der Waals surface area contributed by atoms with E-state index >= 15 is 0 Å². The first kappa shape index (κ1) is 21.3. The highest BCUT2D eigenvalue weighted by atomic mass is 16.2. The maximum Gasteiger partial charge on any atom is 0.242 e. The lowest BCUT2D eigenvalue weighted by atomic mass is 9.87. The minimum absolute atomic E-state index is 0.0367. The van der Waals surface area contributed by atoms with E-state index in [1.807, 2.05) is 18.2 Å². The highest BCUT2D eigenvalue weighted by molar-refractivity contribution is 5.89. The van der Waals surface area contributed by atoms with Crippen LogP contribution < -0.4 is 16.8 Å². The lowest BCUT2D eigenvalue weighted by Crippen LogP contribution is -2.65. The number of hydrazine groups is 1. The number of carbonyl (C=O) groups excluding carboxylic acids is 2. The molecule has 1 amide bonds. The third kappa shape index (κ3) is 5.13. The van der Waals surface area contributed by atoms with Gasteiger partial charge in [-0.05, 0) is 37.7 Å². The average molecular weight is 401 g/mol. The average Bonchev–Trinajstić information content (AvgIpc) is 3.07. The highest BCUT2D eigenvalue weighted by Gasteiger charge is 2.50. The van der Waals surface area contributed by atoms with Crippen molar-refractivity contribution in [1.82, 2.24) is 15.3 Å². The number of aliphatic imine (C=N–C) groups is 1. The van der Waals surface area contributed by atoms with Crippen LogP contribution in [0.3, 0.4) is 0 Å². The third-order valence-electron chi connectivity index (χ3n) is 5.84. The zero-order valence-electron chi connectivity index (χ0n) is 16.9. The quantitative estimate of drug-likeness (QED) is 0.227. The number of hydrogen-bond donors (Lipinski definition) is 3. The fourth-order valence-electron chi connectivity index (χ4n) is 4.24. The van der Waals surface area contributed by atoms with Crippen LogP contribution in [0.1, 0.15) is 37.7 Å². The van der Waals surface area contributed by atoms with Crippen molar-refractivity contribution < 1.29 is 9.59 Å². The van der Waals surface area contributed by atoms with Gasteiger partial charge >= 0.3 is 0 Å². The molecule has 1 aromatic carbocycles. The molecule has 3 rings (SSSR count). The van der Waals surface area contributed by atoms with Crippen LogP contribution in [-0.2, 0) is 16.0 Å². The number of aldehydes is 1. The maximum atomic E-state index is 13.5. The van der Waals surface area contributed by atoms with Gasteiger partial charge in [0.15, 0.2) is 5.96 Å². The number of nitrogens with two attached hydrogens (primary N) is 2. The van der Waals surface area contributed by atoms with Crippen LogP contribution in [0.2, 0.25) is 0 Å². The molecule has 2 aliphatic heterocycles. The van der Waals surface area contributed by atoms with E-state index in [0.29, 0.717) is 25.8 Å². The van der Waals surface area contributed by atoms with Gasteiger partial charge in [0.1, 0.15) is 11.8 Å². The first-order chi connectivity index (χ1) is 14.0. The molecule has 29 heavy (non-hydrogen) atoms. The minimum atomic E-state index is -0.650. The minimum Gasteiger partial charge on any atom is -0.370 e. The first-order valence-corrected chi connectivity index (χ1v) is 10.4. The van der Waals surface area contributed by atoms with Crippen LogP contribution >= 0.6 is 0 Å². The molecule has 0 aromatic heterocycles. The van der Waals surface area contributed by atoms with Crippen molar-refractivity contribution in [3.63, 3.8) is 0 Å². The van der Waals surface area contributed by atoms with E-state index in [1.165, 1.54) is 0 Å². The van der Waals surface area contributed by atoms with Crippen LogP contribution in [0.5, 0.6) is 0 Å². The molecule has 8 nitrogen and oxygen atoms in total. The summed E-state index contributed by atoms with van der Waals surface area (Å²) in [5.41, 5.74) is 11.2. The summed E-state index contributed by atoms with van der Waals surface area (Å²) in [6.45, 7) is 3.28. The number of amides is 1. The summed E-state index contributed by atoms with van der Waals surface area (Å²) in [7, 11) is 0. The Morgan fingerprint density at radius 2 is 1.97 bits per heavy atom. The molecule has 0 spiro atoms. The molecule has 158 valence electrons. The summed E-state index contributed by atoms with van der Waals surface area (Å²) in [6, 6.07) is 9.58. The fourth-order valence-corrected chi connectivity index (χ4v) is 4.24. The molecule has 0 unspecified atom stereocenters. The summed E-state index contributed by atoms with van der Waals surface area (Å²) in [4.78, 5) is 29.1. The monoisotopic (exact) mass is 400 g/mol. The number of guanidine groups is 1. The molecule has 2 saturated heterocycles. The van der Waals surface area contributed by atoms with Crippen molar-refractivity contribution in [2.45, 2.75) is 50.1 Å². The molecule has 2 aliphatic rings. The largest absolute Gasteiger partial charge is 0.370 e. The summed E-state index contributed by atoms with van der Waals surface area (Å²) in [5.74, 6) is -0.0284. The van der Waals surface area contributed by atoms with Crippen molar-refractivity contribution in [3.8, 4) is 0 Å². The summed E-state index contributed by atoms with van der Waals surface area (Å²) >= 11 is 0. The maximum absolute atomic E-state index is 13.5. The van der Waals surface area contributed by atoms with Gasteiger partial charge in [-0.1, -0.05) is 30.3 Å². The van der Waals surface area contributed by atoms with E-state index in [4.69, 9.17) is 11.5 Å². The third-order valence-corrected chi connectivity index (χ3v) is 5.84. The SMILES string of the molecule is NC(N)=NCCC[C@@H](C=O)NC(=O)[C@]1(Cc2ccccc2)CCCN1N1CCC1. The Labute approximate surface area is 172 Å². The number of hydrogen-bond acceptors (Lipinski definition) is 5. The number of rotatable bonds is 10. The number of nitrogens with one attached hydrogen (secondary N) is 1. The predicted molar refractivity (Wildman–Crippen MR) is 113 cm³/mol. The van der Waals surface area contributed by atoms with Crippen molar-refractivity contribution in [3.05, 3.63) is 35.9 Å². The molecule has 0 aliphatic carbocycles. The lowest BCUT2D eigenvalue weighted by molar-refractivity contribution is -0.157. The predicted octanol–water partition coefficient (Wildman–Crippen LogP) is 0.422. The molecule has 0 saturated carbocycles. The Hall–Kier alpha value is -2.45. The molecule has 0 bridgehead atoms. The highest BCUT2D eigenvalue weighted by Crippen LogP contribution is 2.36. The molecule has 2 fully saturated rings. The standard InChI is InChI=1S/C21H32N6O2/c22-20(23)24-11-4-9-18(16-28)25-19(29)21(15-17-7-2-1-3-8-17)10-5-14-27(21)26-12-6-13-26/h1-3,7-8,16,18H,4-6,9-15H2,(H,25,29)(H4,22,23,24)/t18-,21+/m0/s1. The normalized spacial score (nSPS) is 23.2. The topological polar surface area (TPSA) is 117 Å². The van der Waals surface area contributed by atoms with Gasteiger partial charge in [-0.15, -0.1) is 0 Å². The molecule has 5 N–H and O–H groups in total. The van der Waals surface area contributed by atoms with E-state index in [9.17, 15) is 9.59 Å². The fraction of sp³-hybridized carbons (Fsp3) is 0.571. The Balaban J connectivity index is 1.73. The van der Waals surface area contributed by atoms with E-state index in [-0.39, 0.29) is 11.9 Å². The van der Waals surface area contributed by atoms with E-state index in [2.05, 4.69) is 32.5 Å². The summed E-state index contributed by atoms with van der Waals surface area (Å²) in [6.07, 6.45) is 5.49. The molecular formula is C21H32N6O2. The van der Waals surface area contributed by atoms with Gasteiger partial charge in [0.2, 0.25) is 5.91 Å². The summed E-state index contributed by atoms with van der Waals surface area (Å²) in [5, 5.41) is 7.54. The Bertz CT molecular complexity index is 717. The zero-order chi connectivity index (χ0) is 20.7. The zero-order valence-corrected chi connectivity index (χ0v) is 16.9. The van der Waals surface area contributed by atoms with Crippen molar-refractivity contribution in [1.29, 1.82) is 0 Å². The smallest absolute Gasteiger partial charge is 0.242 e. The molecule has 0 radical (unpaired) electrons. The number of carbonyl (C=O) groups is 2. The second-order valence-electron chi connectivity index (χ2n) is 7.89. The van der Waals surface area contributed by atoms with Crippen LogP contribution in [-0.4, -0.2) is 65.9 Å². The Morgan fingerprint density at radius 1 is 1.21 bits per heavy atom. The van der Waals surface area contributed by atoms with Gasteiger partial charge in [0, 0.05) is 32.6 Å². The lowest BCUT2D eigenvalue weighted by Gasteiger charge is -2.48. The molecule has 2 heterocycles. The van der Waals surface area contributed by atoms with Crippen molar-refractivity contribution in [2.24, 2.45) is 16.5 Å².